The van der Waals surface area contributed by atoms with Crippen LogP contribution in [0.4, 0.5) is 5.69 Å². The SMILES string of the molecule is O=C(NN=Cc1cccc([N+](=O)[O-])c1O)C(O)(c1ccccc1)c1ccccc1. The molecule has 0 aromatic heterocycles. The third-order valence-electron chi connectivity index (χ3n) is 4.32. The number of aliphatic hydroxyl groups is 1. The molecule has 0 spiro atoms. The lowest BCUT2D eigenvalue weighted by molar-refractivity contribution is -0.385. The van der Waals surface area contributed by atoms with Gasteiger partial charge in [-0.15, -0.1) is 0 Å². The molecular formula is C21H17N3O5. The van der Waals surface area contributed by atoms with Gasteiger partial charge in [0.1, 0.15) is 0 Å². The lowest BCUT2D eigenvalue weighted by Crippen LogP contribution is -2.43. The first-order valence-corrected chi connectivity index (χ1v) is 8.58. The van der Waals surface area contributed by atoms with Gasteiger partial charge in [-0.2, -0.15) is 5.10 Å². The number of hydrogen-bond donors (Lipinski definition) is 3. The van der Waals surface area contributed by atoms with Crippen molar-refractivity contribution >= 4 is 17.8 Å². The zero-order valence-corrected chi connectivity index (χ0v) is 15.1. The molecule has 3 N–H and O–H groups in total. The van der Waals surface area contributed by atoms with Crippen LogP contribution in [0.2, 0.25) is 0 Å². The minimum Gasteiger partial charge on any atom is -0.502 e. The third-order valence-corrected chi connectivity index (χ3v) is 4.32. The second-order valence-electron chi connectivity index (χ2n) is 6.11. The number of nitro groups is 1. The fraction of sp³-hybridized carbons (Fsp3) is 0.0476. The molecule has 29 heavy (non-hydrogen) atoms. The molecule has 0 fully saturated rings. The second kappa shape index (κ2) is 8.32. The van der Waals surface area contributed by atoms with Gasteiger partial charge in [0.2, 0.25) is 5.75 Å². The summed E-state index contributed by atoms with van der Waals surface area (Å²) in [6.45, 7) is 0. The molecule has 8 heteroatoms. The molecule has 1 amide bonds. The van der Waals surface area contributed by atoms with Crippen LogP contribution < -0.4 is 5.43 Å². The number of aromatic hydroxyl groups is 1. The van der Waals surface area contributed by atoms with E-state index in [0.717, 1.165) is 12.3 Å². The Balaban J connectivity index is 1.90. The fourth-order valence-corrected chi connectivity index (χ4v) is 2.83. The number of phenols is 1. The molecule has 3 rings (SSSR count). The van der Waals surface area contributed by atoms with Gasteiger partial charge in [-0.1, -0.05) is 66.7 Å². The van der Waals surface area contributed by atoms with Gasteiger partial charge < -0.3 is 10.2 Å². The zero-order chi connectivity index (χ0) is 20.9. The van der Waals surface area contributed by atoms with E-state index in [9.17, 15) is 25.1 Å². The maximum Gasteiger partial charge on any atom is 0.311 e. The number of para-hydroxylation sites is 1. The first-order chi connectivity index (χ1) is 13.9. The molecule has 0 radical (unpaired) electrons. The normalized spacial score (nSPS) is 11.3. The van der Waals surface area contributed by atoms with Crippen molar-refractivity contribution in [3.63, 3.8) is 0 Å². The summed E-state index contributed by atoms with van der Waals surface area (Å²) in [4.78, 5) is 23.0. The number of hydrogen-bond acceptors (Lipinski definition) is 6. The van der Waals surface area contributed by atoms with Gasteiger partial charge in [-0.25, -0.2) is 5.43 Å². The first-order valence-electron chi connectivity index (χ1n) is 8.58. The smallest absolute Gasteiger partial charge is 0.311 e. The highest BCUT2D eigenvalue weighted by Crippen LogP contribution is 2.30. The van der Waals surface area contributed by atoms with E-state index in [1.54, 1.807) is 60.7 Å². The molecule has 0 heterocycles. The lowest BCUT2D eigenvalue weighted by atomic mass is 9.85. The number of amides is 1. The first kappa shape index (κ1) is 19.7. The van der Waals surface area contributed by atoms with Crippen molar-refractivity contribution in [2.24, 2.45) is 5.10 Å². The van der Waals surface area contributed by atoms with Crippen LogP contribution in [0, 0.1) is 10.1 Å². The number of benzene rings is 3. The Morgan fingerprint density at radius 2 is 1.52 bits per heavy atom. The van der Waals surface area contributed by atoms with Gasteiger partial charge in [0, 0.05) is 11.6 Å². The summed E-state index contributed by atoms with van der Waals surface area (Å²) < 4.78 is 0. The predicted octanol–water partition coefficient (Wildman–Crippen LogP) is 2.69. The number of nitrogens with one attached hydrogen (secondary N) is 1. The van der Waals surface area contributed by atoms with E-state index in [0.29, 0.717) is 11.1 Å². The molecule has 8 nitrogen and oxygen atoms in total. The Hall–Kier alpha value is -4.04. The van der Waals surface area contributed by atoms with Crippen molar-refractivity contribution in [2.45, 2.75) is 5.60 Å². The summed E-state index contributed by atoms with van der Waals surface area (Å²) in [5.74, 6) is -1.40. The Bertz CT molecular complexity index is 1010. The molecule has 0 aliphatic heterocycles. The quantitative estimate of drug-likeness (QED) is 0.338. The predicted molar refractivity (Wildman–Crippen MR) is 106 cm³/mol. The maximum atomic E-state index is 12.9. The molecule has 146 valence electrons. The highest BCUT2D eigenvalue weighted by molar-refractivity contribution is 5.92. The van der Waals surface area contributed by atoms with Crippen molar-refractivity contribution in [3.05, 3.63) is 106 Å². The minimum absolute atomic E-state index is 0.0439. The average molecular weight is 391 g/mol. The highest BCUT2D eigenvalue weighted by atomic mass is 16.6. The summed E-state index contributed by atoms with van der Waals surface area (Å²) >= 11 is 0. The van der Waals surface area contributed by atoms with E-state index in [1.807, 2.05) is 0 Å². The van der Waals surface area contributed by atoms with Crippen molar-refractivity contribution in [1.82, 2.24) is 5.43 Å². The molecule has 0 aliphatic rings. The van der Waals surface area contributed by atoms with E-state index in [2.05, 4.69) is 10.5 Å². The zero-order valence-electron chi connectivity index (χ0n) is 15.1. The Morgan fingerprint density at radius 1 is 0.966 bits per heavy atom. The van der Waals surface area contributed by atoms with Gasteiger partial charge in [0.25, 0.3) is 5.91 Å². The van der Waals surface area contributed by atoms with Gasteiger partial charge >= 0.3 is 5.69 Å². The number of carbonyl (C=O) groups excluding carboxylic acids is 1. The standard InChI is InChI=1S/C21H17N3O5/c25-19-15(8-7-13-18(19)24(28)29)14-22-23-20(26)21(27,16-9-3-1-4-10-16)17-11-5-2-6-12-17/h1-14,25,27H,(H,23,26). The summed E-state index contributed by atoms with van der Waals surface area (Å²) in [5.41, 5.74) is 0.487. The van der Waals surface area contributed by atoms with Crippen molar-refractivity contribution in [2.75, 3.05) is 0 Å². The van der Waals surface area contributed by atoms with Crippen LogP contribution in [-0.2, 0) is 10.4 Å². The number of carbonyl (C=O) groups is 1. The molecule has 0 saturated carbocycles. The van der Waals surface area contributed by atoms with E-state index in [1.165, 1.54) is 12.1 Å². The number of rotatable bonds is 6. The Kier molecular flexibility index (Phi) is 5.66. The Morgan fingerprint density at radius 3 is 2.03 bits per heavy atom. The average Bonchev–Trinajstić information content (AvgIpc) is 2.75. The second-order valence-corrected chi connectivity index (χ2v) is 6.11. The van der Waals surface area contributed by atoms with E-state index >= 15 is 0 Å². The van der Waals surface area contributed by atoms with Crippen molar-refractivity contribution in [3.8, 4) is 5.75 Å². The molecular weight excluding hydrogens is 374 g/mol. The summed E-state index contributed by atoms with van der Waals surface area (Å²) in [5, 5.41) is 35.9. The number of nitro benzene ring substituents is 1. The van der Waals surface area contributed by atoms with E-state index in [-0.39, 0.29) is 5.56 Å². The van der Waals surface area contributed by atoms with Crippen LogP contribution in [0.1, 0.15) is 16.7 Å². The van der Waals surface area contributed by atoms with Crippen LogP contribution in [0.5, 0.6) is 5.75 Å². The molecule has 0 unspecified atom stereocenters. The topological polar surface area (TPSA) is 125 Å². The van der Waals surface area contributed by atoms with Gasteiger partial charge in [0.05, 0.1) is 11.1 Å². The highest BCUT2D eigenvalue weighted by Gasteiger charge is 2.39. The summed E-state index contributed by atoms with van der Waals surface area (Å²) in [6, 6.07) is 20.7. The van der Waals surface area contributed by atoms with Crippen LogP contribution in [0.25, 0.3) is 0 Å². The fourth-order valence-electron chi connectivity index (χ4n) is 2.83. The molecule has 0 saturated heterocycles. The number of nitrogens with zero attached hydrogens (tertiary/aromatic N) is 2. The third kappa shape index (κ3) is 3.97. The van der Waals surface area contributed by atoms with Crippen molar-refractivity contribution < 1.29 is 19.9 Å². The van der Waals surface area contributed by atoms with Gasteiger partial charge in [-0.3, -0.25) is 14.9 Å². The maximum absolute atomic E-state index is 12.9. The van der Waals surface area contributed by atoms with Crippen LogP contribution in [0.15, 0.2) is 84.0 Å². The molecule has 0 bridgehead atoms. The minimum atomic E-state index is -2.01. The molecule has 3 aromatic carbocycles. The summed E-state index contributed by atoms with van der Waals surface area (Å²) in [7, 11) is 0. The number of hydrazone groups is 1. The lowest BCUT2D eigenvalue weighted by Gasteiger charge is -2.27. The number of phenolic OH excluding ortho intramolecular Hbond substituents is 1. The van der Waals surface area contributed by atoms with Crippen molar-refractivity contribution in [1.29, 1.82) is 0 Å². The van der Waals surface area contributed by atoms with Crippen LogP contribution >= 0.6 is 0 Å². The molecule has 3 aromatic rings. The van der Waals surface area contributed by atoms with Crippen LogP contribution in [0.3, 0.4) is 0 Å². The van der Waals surface area contributed by atoms with Gasteiger partial charge in [0.15, 0.2) is 5.60 Å². The van der Waals surface area contributed by atoms with Gasteiger partial charge in [-0.05, 0) is 17.2 Å². The van der Waals surface area contributed by atoms with E-state index < -0.39 is 27.9 Å². The summed E-state index contributed by atoms with van der Waals surface area (Å²) in [6.07, 6.45) is 1.07. The largest absolute Gasteiger partial charge is 0.502 e. The monoisotopic (exact) mass is 391 g/mol. The Labute approximate surface area is 165 Å². The van der Waals surface area contributed by atoms with Crippen LogP contribution in [-0.4, -0.2) is 27.3 Å². The molecule has 0 aliphatic carbocycles. The molecule has 0 atom stereocenters. The van der Waals surface area contributed by atoms with E-state index in [4.69, 9.17) is 0 Å².